The molecule has 0 spiro atoms. The molecule has 1 N–H and O–H groups in total. The Hall–Kier alpha value is -4.04. The SMILES string of the molecule is CC.CC.CC.CC.CC.CC.CC.CC.CC1=CC=CC1.CC1CCCCC1.CC1CCNCC1.CN1CCOCC1.Cc1ccccc1.Cc1ccccn1.Cc1cccnc1.Cc1ncccn1. The molecular weight excluding hydrogens is 869 g/mol. The van der Waals surface area contributed by atoms with Crippen LogP contribution < -0.4 is 5.32 Å². The van der Waals surface area contributed by atoms with Crippen LogP contribution in [0.5, 0.6) is 0 Å². The number of morpholine rings is 1. The molecular formula is C64H122N6O. The number of piperidine rings is 1. The summed E-state index contributed by atoms with van der Waals surface area (Å²) in [7, 11) is 2.11. The molecule has 7 nitrogen and oxygen atoms in total. The molecule has 4 aromatic rings. The number of pyridine rings is 2. The predicted molar refractivity (Wildman–Crippen MR) is 326 cm³/mol. The van der Waals surface area contributed by atoms with E-state index >= 15 is 0 Å². The van der Waals surface area contributed by atoms with Crippen molar-refractivity contribution in [2.75, 3.05) is 46.4 Å². The van der Waals surface area contributed by atoms with E-state index in [9.17, 15) is 0 Å². The van der Waals surface area contributed by atoms with Crippen LogP contribution in [0.3, 0.4) is 0 Å². The zero-order chi connectivity index (χ0) is 56.2. The Kier molecular flexibility index (Phi) is 94.5. The van der Waals surface area contributed by atoms with Crippen molar-refractivity contribution in [2.45, 2.75) is 211 Å². The number of hydrogen-bond acceptors (Lipinski definition) is 7. The molecule has 2 aliphatic heterocycles. The van der Waals surface area contributed by atoms with Gasteiger partial charge >= 0.3 is 0 Å². The maximum Gasteiger partial charge on any atom is 0.125 e. The van der Waals surface area contributed by atoms with E-state index in [4.69, 9.17) is 4.74 Å². The number of hydrogen-bond donors (Lipinski definition) is 1. The fourth-order valence-corrected chi connectivity index (χ4v) is 5.29. The number of nitrogens with zero attached hydrogens (tertiary/aromatic N) is 5. The topological polar surface area (TPSA) is 76.1 Å². The number of nitrogens with one attached hydrogen (secondary N) is 1. The second kappa shape index (κ2) is 80.1. The van der Waals surface area contributed by atoms with Gasteiger partial charge in [-0.25, -0.2) is 9.97 Å². The molecule has 0 radical (unpaired) electrons. The molecule has 2 aliphatic carbocycles. The Morgan fingerprint density at radius 1 is 0.507 bits per heavy atom. The summed E-state index contributed by atoms with van der Waals surface area (Å²) in [5, 5.41) is 3.32. The second-order valence-electron chi connectivity index (χ2n) is 14.7. The molecule has 7 heteroatoms. The van der Waals surface area contributed by atoms with Crippen LogP contribution in [0.1, 0.15) is 206 Å². The molecule has 1 saturated carbocycles. The van der Waals surface area contributed by atoms with Crippen LogP contribution in [-0.4, -0.2) is 71.3 Å². The molecule has 71 heavy (non-hydrogen) atoms. The van der Waals surface area contributed by atoms with Crippen LogP contribution >= 0.6 is 0 Å². The van der Waals surface area contributed by atoms with Gasteiger partial charge in [0.1, 0.15) is 5.82 Å². The predicted octanol–water partition coefficient (Wildman–Crippen LogP) is 19.2. The molecule has 2 saturated heterocycles. The summed E-state index contributed by atoms with van der Waals surface area (Å²) in [5.41, 5.74) is 5.07. The summed E-state index contributed by atoms with van der Waals surface area (Å²) >= 11 is 0. The van der Waals surface area contributed by atoms with E-state index in [2.05, 4.69) is 95.3 Å². The number of aryl methyl sites for hydroxylation is 4. The van der Waals surface area contributed by atoms with E-state index in [-0.39, 0.29) is 0 Å². The highest BCUT2D eigenvalue weighted by molar-refractivity contribution is 5.20. The summed E-state index contributed by atoms with van der Waals surface area (Å²) in [6, 6.07) is 21.9. The maximum absolute atomic E-state index is 5.10. The highest BCUT2D eigenvalue weighted by atomic mass is 16.5. The van der Waals surface area contributed by atoms with Gasteiger partial charge in [0.2, 0.25) is 0 Å². The van der Waals surface area contributed by atoms with Gasteiger partial charge in [-0.1, -0.05) is 229 Å². The first-order valence-electron chi connectivity index (χ1n) is 28.4. The van der Waals surface area contributed by atoms with Gasteiger partial charge in [0.25, 0.3) is 0 Å². The normalized spacial score (nSPS) is 13.2. The van der Waals surface area contributed by atoms with Gasteiger partial charge in [-0.3, -0.25) is 9.97 Å². The molecule has 0 atom stereocenters. The minimum absolute atomic E-state index is 0.822. The average Bonchev–Trinajstić information content (AvgIpc) is 3.94. The van der Waals surface area contributed by atoms with Gasteiger partial charge in [0, 0.05) is 49.8 Å². The standard InChI is InChI=1S/C7H14.C7H8.C6H13N.2C6H7N.C6H8.C5H6N2.C5H11NO.8C2H6/c2*1-7-5-3-2-4-6-7;1-6-2-4-7-5-3-6;1-6-3-2-4-7-5-6;1-6-4-2-3-5-7-6;1-6-4-2-3-5-6;1-5-6-3-2-4-7-5;1-6-2-4-7-5-3-6;8*1-2/h7H,2-6H2,1H3;2-6H,1H3;6-7H,2-5H2,1H3;2*2-5H,1H3;2-4H,5H2,1H3;2-4H,1H3;2-5H2,1H3;8*1-2H3. The van der Waals surface area contributed by atoms with Gasteiger partial charge < -0.3 is 15.0 Å². The fourth-order valence-electron chi connectivity index (χ4n) is 5.29. The quantitative estimate of drug-likeness (QED) is 0.188. The van der Waals surface area contributed by atoms with E-state index < -0.39 is 0 Å². The number of ether oxygens (including phenoxy) is 1. The zero-order valence-corrected chi connectivity index (χ0v) is 51.7. The molecule has 5 heterocycles. The van der Waals surface area contributed by atoms with E-state index in [1.165, 1.54) is 81.2 Å². The number of rotatable bonds is 0. The minimum Gasteiger partial charge on any atom is -0.379 e. The van der Waals surface area contributed by atoms with Gasteiger partial charge in [0.05, 0.1) is 13.2 Å². The van der Waals surface area contributed by atoms with Crippen molar-refractivity contribution in [2.24, 2.45) is 11.8 Å². The van der Waals surface area contributed by atoms with Crippen LogP contribution in [0.2, 0.25) is 0 Å². The molecule has 8 rings (SSSR count). The van der Waals surface area contributed by atoms with Crippen molar-refractivity contribution in [3.05, 3.63) is 144 Å². The first-order valence-corrected chi connectivity index (χ1v) is 28.4. The number of benzene rings is 1. The van der Waals surface area contributed by atoms with Crippen molar-refractivity contribution in [3.8, 4) is 0 Å². The van der Waals surface area contributed by atoms with Crippen LogP contribution in [0.15, 0.2) is 122 Å². The molecule has 0 amide bonds. The Morgan fingerprint density at radius 3 is 1.18 bits per heavy atom. The van der Waals surface area contributed by atoms with Crippen LogP contribution in [0.25, 0.3) is 0 Å². The van der Waals surface area contributed by atoms with E-state index in [1.54, 1.807) is 30.9 Å². The lowest BCUT2D eigenvalue weighted by atomic mass is 9.91. The summed E-state index contributed by atoms with van der Waals surface area (Å²) in [6.45, 7) is 53.3. The fraction of sp³-hybridized carbons (Fsp3) is 0.625. The summed E-state index contributed by atoms with van der Waals surface area (Å²) in [5.74, 6) is 2.83. The molecule has 4 aliphatic rings. The smallest absolute Gasteiger partial charge is 0.125 e. The van der Waals surface area contributed by atoms with Crippen molar-refractivity contribution < 1.29 is 4.74 Å². The van der Waals surface area contributed by atoms with E-state index in [1.807, 2.05) is 186 Å². The third kappa shape index (κ3) is 77.6. The van der Waals surface area contributed by atoms with E-state index in [0.717, 1.165) is 49.7 Å². The van der Waals surface area contributed by atoms with Crippen molar-refractivity contribution >= 4 is 0 Å². The Bertz CT molecular complexity index is 1250. The number of aromatic nitrogens is 4. The largest absolute Gasteiger partial charge is 0.379 e. The van der Waals surface area contributed by atoms with Crippen LogP contribution in [0, 0.1) is 39.5 Å². The Labute approximate surface area is 446 Å². The molecule has 1 aromatic carbocycles. The lowest BCUT2D eigenvalue weighted by Crippen LogP contribution is -2.32. The van der Waals surface area contributed by atoms with Crippen molar-refractivity contribution in [1.82, 2.24) is 30.2 Å². The summed E-state index contributed by atoms with van der Waals surface area (Å²) < 4.78 is 5.10. The first-order chi connectivity index (χ1) is 34.7. The second-order valence-corrected chi connectivity index (χ2v) is 14.7. The third-order valence-corrected chi connectivity index (χ3v) is 8.97. The lowest BCUT2D eigenvalue weighted by Gasteiger charge is -2.21. The van der Waals surface area contributed by atoms with Crippen molar-refractivity contribution in [1.29, 1.82) is 0 Å². The average molecular weight is 992 g/mol. The molecule has 0 unspecified atom stereocenters. The summed E-state index contributed by atoms with van der Waals surface area (Å²) in [4.78, 5) is 17.9. The van der Waals surface area contributed by atoms with Gasteiger partial charge in [-0.15, -0.1) is 0 Å². The lowest BCUT2D eigenvalue weighted by molar-refractivity contribution is 0.0503. The maximum atomic E-state index is 5.10. The molecule has 3 fully saturated rings. The van der Waals surface area contributed by atoms with Crippen molar-refractivity contribution in [3.63, 3.8) is 0 Å². The van der Waals surface area contributed by atoms with Gasteiger partial charge in [-0.05, 0) is 116 Å². The monoisotopic (exact) mass is 991 g/mol. The van der Waals surface area contributed by atoms with Gasteiger partial charge in [-0.2, -0.15) is 0 Å². The zero-order valence-electron chi connectivity index (χ0n) is 51.7. The highest BCUT2D eigenvalue weighted by Gasteiger charge is 2.06. The highest BCUT2D eigenvalue weighted by Crippen LogP contribution is 2.22. The number of allylic oxidation sites excluding steroid dienone is 4. The third-order valence-electron chi connectivity index (χ3n) is 8.97. The molecule has 414 valence electrons. The molecule has 0 bridgehead atoms. The van der Waals surface area contributed by atoms with Crippen LogP contribution in [0.4, 0.5) is 0 Å². The first kappa shape index (κ1) is 83.8. The Balaban J connectivity index is -0.000000102. The summed E-state index contributed by atoms with van der Waals surface area (Å²) in [6.07, 6.45) is 26.6. The Morgan fingerprint density at radius 2 is 0.972 bits per heavy atom. The molecule has 3 aromatic heterocycles. The van der Waals surface area contributed by atoms with Gasteiger partial charge in [0.15, 0.2) is 0 Å². The van der Waals surface area contributed by atoms with E-state index in [0.29, 0.717) is 0 Å². The minimum atomic E-state index is 0.822. The van der Waals surface area contributed by atoms with Crippen LogP contribution in [-0.2, 0) is 4.74 Å². The number of likely N-dealkylation sites (N-methyl/N-ethyl adjacent to an activating group) is 1.